The minimum absolute atomic E-state index is 0.127. The number of halogens is 2. The number of aryl methyl sites for hydroxylation is 1. The third kappa shape index (κ3) is 3.57. The van der Waals surface area contributed by atoms with Crippen molar-refractivity contribution < 1.29 is 4.79 Å². The Bertz CT molecular complexity index is 809. The molecule has 0 aliphatic rings. The fourth-order valence-corrected chi connectivity index (χ4v) is 4.20. The molecule has 2 aromatic heterocycles. The molecule has 0 aliphatic carbocycles. The lowest BCUT2D eigenvalue weighted by Gasteiger charge is -2.18. The average Bonchev–Trinajstić information content (AvgIpc) is 3.12. The average molecular weight is 455 g/mol. The zero-order valence-corrected chi connectivity index (χ0v) is 16.2. The van der Waals surface area contributed by atoms with Crippen LogP contribution in [0.3, 0.4) is 0 Å². The fourth-order valence-electron chi connectivity index (χ4n) is 2.26. The van der Waals surface area contributed by atoms with Crippen molar-refractivity contribution in [2.45, 2.75) is 6.04 Å². The highest BCUT2D eigenvalue weighted by Crippen LogP contribution is 2.33. The molecule has 4 nitrogen and oxygen atoms in total. The molecule has 3 rings (SSSR count). The Morgan fingerprint density at radius 1 is 1.30 bits per heavy atom. The first-order valence-corrected chi connectivity index (χ1v) is 9.24. The zero-order chi connectivity index (χ0) is 16.4. The normalized spacial score (nSPS) is 12.1. The van der Waals surface area contributed by atoms with Crippen molar-refractivity contribution in [2.75, 3.05) is 0 Å². The van der Waals surface area contributed by atoms with E-state index in [1.807, 2.05) is 54.2 Å². The van der Waals surface area contributed by atoms with Crippen molar-refractivity contribution in [1.82, 2.24) is 14.9 Å². The molecule has 1 unspecified atom stereocenters. The summed E-state index contributed by atoms with van der Waals surface area (Å²) in [4.78, 5) is 17.7. The second kappa shape index (κ2) is 6.98. The van der Waals surface area contributed by atoms with Crippen LogP contribution in [0.5, 0.6) is 0 Å². The lowest BCUT2D eigenvalue weighted by Crippen LogP contribution is -2.30. The molecule has 1 aromatic carbocycles. The summed E-state index contributed by atoms with van der Waals surface area (Å²) in [5.74, 6) is 0.664. The first-order valence-electron chi connectivity index (χ1n) is 6.84. The Hall–Kier alpha value is -1.44. The van der Waals surface area contributed by atoms with Crippen LogP contribution in [0.15, 0.2) is 57.1 Å². The summed E-state index contributed by atoms with van der Waals surface area (Å²) >= 11 is 8.23. The van der Waals surface area contributed by atoms with Crippen LogP contribution in [0.25, 0.3) is 0 Å². The molecule has 0 aliphatic heterocycles. The van der Waals surface area contributed by atoms with E-state index in [0.717, 1.165) is 19.6 Å². The quantitative estimate of drug-likeness (QED) is 0.629. The summed E-state index contributed by atoms with van der Waals surface area (Å²) in [5.41, 5.74) is 0.991. The van der Waals surface area contributed by atoms with Crippen molar-refractivity contribution in [2.24, 2.45) is 7.05 Å². The Balaban J connectivity index is 1.93. The number of nitrogens with zero attached hydrogens (tertiary/aromatic N) is 2. The van der Waals surface area contributed by atoms with E-state index in [-0.39, 0.29) is 11.9 Å². The maximum absolute atomic E-state index is 12.6. The van der Waals surface area contributed by atoms with Crippen molar-refractivity contribution in [3.05, 3.63) is 73.3 Å². The maximum atomic E-state index is 12.6. The van der Waals surface area contributed by atoms with E-state index < -0.39 is 0 Å². The van der Waals surface area contributed by atoms with Crippen LogP contribution in [-0.2, 0) is 7.05 Å². The second-order valence-corrected chi connectivity index (χ2v) is 8.17. The minimum Gasteiger partial charge on any atom is -0.337 e. The van der Waals surface area contributed by atoms with Gasteiger partial charge in [0.05, 0.1) is 8.66 Å². The first-order chi connectivity index (χ1) is 11.1. The van der Waals surface area contributed by atoms with Gasteiger partial charge in [0, 0.05) is 23.9 Å². The predicted molar refractivity (Wildman–Crippen MR) is 98.7 cm³/mol. The maximum Gasteiger partial charge on any atom is 0.262 e. The summed E-state index contributed by atoms with van der Waals surface area (Å²) < 4.78 is 3.69. The summed E-state index contributed by atoms with van der Waals surface area (Å²) in [6.07, 6.45) is 3.60. The standard InChI is InChI=1S/C16H13Br2N3OS/c1-21-8-7-19-15(21)13(10-5-3-2-4-6-10)20-16(22)12-9-11(17)14(18)23-12/h2-9,13H,1H3,(H,20,22). The lowest BCUT2D eigenvalue weighted by atomic mass is 10.1. The molecule has 0 radical (unpaired) electrons. The van der Waals surface area contributed by atoms with Gasteiger partial charge in [-0.15, -0.1) is 11.3 Å². The predicted octanol–water partition coefficient (Wildman–Crippen LogP) is 4.53. The molecule has 1 atom stereocenters. The van der Waals surface area contributed by atoms with Gasteiger partial charge in [-0.1, -0.05) is 30.3 Å². The van der Waals surface area contributed by atoms with E-state index >= 15 is 0 Å². The molecule has 0 fully saturated rings. The molecule has 23 heavy (non-hydrogen) atoms. The number of hydrogen-bond acceptors (Lipinski definition) is 3. The second-order valence-electron chi connectivity index (χ2n) is 4.95. The van der Waals surface area contributed by atoms with Crippen LogP contribution in [0.4, 0.5) is 0 Å². The molecule has 7 heteroatoms. The number of benzene rings is 1. The number of hydrogen-bond donors (Lipinski definition) is 1. The summed E-state index contributed by atoms with van der Waals surface area (Å²) in [6.45, 7) is 0. The van der Waals surface area contributed by atoms with Crippen molar-refractivity contribution in [3.63, 3.8) is 0 Å². The molecule has 118 valence electrons. The molecular weight excluding hydrogens is 442 g/mol. The van der Waals surface area contributed by atoms with E-state index in [2.05, 4.69) is 42.2 Å². The van der Waals surface area contributed by atoms with Gasteiger partial charge in [0.25, 0.3) is 5.91 Å². The third-order valence-corrected chi connectivity index (χ3v) is 6.65. The monoisotopic (exact) mass is 453 g/mol. The number of aromatic nitrogens is 2. The van der Waals surface area contributed by atoms with E-state index in [4.69, 9.17) is 0 Å². The summed E-state index contributed by atoms with van der Waals surface area (Å²) in [7, 11) is 1.92. The number of nitrogens with one attached hydrogen (secondary N) is 1. The molecule has 3 aromatic rings. The highest BCUT2D eigenvalue weighted by atomic mass is 79.9. The van der Waals surface area contributed by atoms with Crippen molar-refractivity contribution in [3.8, 4) is 0 Å². The van der Waals surface area contributed by atoms with Crippen LogP contribution >= 0.6 is 43.2 Å². The van der Waals surface area contributed by atoms with Gasteiger partial charge in [0.15, 0.2) is 0 Å². The van der Waals surface area contributed by atoms with E-state index in [9.17, 15) is 4.79 Å². The van der Waals surface area contributed by atoms with Crippen LogP contribution in [0.1, 0.15) is 27.1 Å². The lowest BCUT2D eigenvalue weighted by molar-refractivity contribution is 0.0945. The van der Waals surface area contributed by atoms with Gasteiger partial charge in [0.2, 0.25) is 0 Å². The Morgan fingerprint density at radius 3 is 2.61 bits per heavy atom. The molecular formula is C16H13Br2N3OS. The fraction of sp³-hybridized carbons (Fsp3) is 0.125. The van der Waals surface area contributed by atoms with Gasteiger partial charge in [0.1, 0.15) is 11.9 Å². The Kier molecular flexibility index (Phi) is 4.99. The summed E-state index contributed by atoms with van der Waals surface area (Å²) in [5, 5.41) is 3.08. The Labute approximate surface area is 154 Å². The molecule has 1 amide bonds. The molecule has 0 saturated carbocycles. The largest absolute Gasteiger partial charge is 0.337 e. The molecule has 1 N–H and O–H groups in total. The molecule has 0 bridgehead atoms. The number of thiophene rings is 1. The van der Waals surface area contributed by atoms with E-state index in [0.29, 0.717) is 4.88 Å². The highest BCUT2D eigenvalue weighted by Gasteiger charge is 2.22. The Morgan fingerprint density at radius 2 is 2.04 bits per heavy atom. The van der Waals surface area contributed by atoms with Gasteiger partial charge in [-0.25, -0.2) is 4.98 Å². The SMILES string of the molecule is Cn1ccnc1C(NC(=O)c1cc(Br)c(Br)s1)c1ccccc1. The molecule has 0 spiro atoms. The van der Waals surface area contributed by atoms with Crippen LogP contribution in [0.2, 0.25) is 0 Å². The van der Waals surface area contributed by atoms with E-state index in [1.54, 1.807) is 6.20 Å². The van der Waals surface area contributed by atoms with E-state index in [1.165, 1.54) is 11.3 Å². The molecule has 0 saturated heterocycles. The number of carbonyl (C=O) groups is 1. The zero-order valence-electron chi connectivity index (χ0n) is 12.2. The third-order valence-electron chi connectivity index (χ3n) is 3.39. The van der Waals surface area contributed by atoms with Gasteiger partial charge < -0.3 is 9.88 Å². The van der Waals surface area contributed by atoms with Crippen molar-refractivity contribution >= 4 is 49.1 Å². The smallest absolute Gasteiger partial charge is 0.262 e. The number of imidazole rings is 1. The van der Waals surface area contributed by atoms with Crippen LogP contribution < -0.4 is 5.32 Å². The van der Waals surface area contributed by atoms with Gasteiger partial charge in [-0.05, 0) is 43.5 Å². The number of rotatable bonds is 4. The van der Waals surface area contributed by atoms with Crippen LogP contribution in [-0.4, -0.2) is 15.5 Å². The van der Waals surface area contributed by atoms with Gasteiger partial charge in [-0.2, -0.15) is 0 Å². The van der Waals surface area contributed by atoms with Gasteiger partial charge in [-0.3, -0.25) is 4.79 Å². The number of carbonyl (C=O) groups excluding carboxylic acids is 1. The minimum atomic E-state index is -0.302. The van der Waals surface area contributed by atoms with Crippen molar-refractivity contribution in [1.29, 1.82) is 0 Å². The summed E-state index contributed by atoms with van der Waals surface area (Å²) in [6, 6.07) is 11.3. The first kappa shape index (κ1) is 16.4. The topological polar surface area (TPSA) is 46.9 Å². The molecule has 2 heterocycles. The number of amides is 1. The van der Waals surface area contributed by atoms with Crippen LogP contribution in [0, 0.1) is 0 Å². The van der Waals surface area contributed by atoms with Gasteiger partial charge >= 0.3 is 0 Å². The highest BCUT2D eigenvalue weighted by molar-refractivity contribution is 9.13.